The van der Waals surface area contributed by atoms with Gasteiger partial charge in [0.05, 0.1) is 42.3 Å². The molecule has 2 aliphatic carbocycles. The topological polar surface area (TPSA) is 128 Å². The lowest BCUT2D eigenvalue weighted by Gasteiger charge is -2.43. The van der Waals surface area contributed by atoms with Gasteiger partial charge in [-0.15, -0.1) is 0 Å². The Hall–Kier alpha value is -4.71. The summed E-state index contributed by atoms with van der Waals surface area (Å²) in [4.78, 5) is 4.77. The molecule has 0 bridgehead atoms. The Bertz CT molecular complexity index is 2170. The van der Waals surface area contributed by atoms with Gasteiger partial charge in [0.1, 0.15) is 5.75 Å². The number of benzene rings is 5. The minimum atomic E-state index is -3.78. The van der Waals surface area contributed by atoms with E-state index in [-0.39, 0.29) is 23.0 Å². The van der Waals surface area contributed by atoms with Crippen molar-refractivity contribution in [3.8, 4) is 5.75 Å². The number of hydrogen-bond donors (Lipinski definition) is 4. The number of rotatable bonds is 6. The summed E-state index contributed by atoms with van der Waals surface area (Å²) in [6.07, 6.45) is 7.75. The molecule has 0 unspecified atom stereocenters. The minimum absolute atomic E-state index is 0.0548. The SMILES string of the molecule is COc1ccc(S(=O)(=O)N[C@H]2CCC[C@@H](N3c4ccccc4CCc4ccccc43)[C@@H]2O)cc1.N[C@H]1CCC[C@@H](N2c3ccccc3CCc3ccccc32)[C@@H]1O. The summed E-state index contributed by atoms with van der Waals surface area (Å²) in [6.45, 7) is 0. The lowest BCUT2D eigenvalue weighted by Crippen LogP contribution is -2.55. The fourth-order valence-corrected chi connectivity index (χ4v) is 10.7. The van der Waals surface area contributed by atoms with E-state index in [1.165, 1.54) is 45.8 Å². The van der Waals surface area contributed by atoms with Crippen LogP contribution in [0.4, 0.5) is 22.7 Å². The van der Waals surface area contributed by atoms with Gasteiger partial charge in [-0.2, -0.15) is 0 Å². The van der Waals surface area contributed by atoms with Crippen LogP contribution in [-0.4, -0.2) is 62.1 Å². The highest BCUT2D eigenvalue weighted by atomic mass is 32.2. The number of nitrogens with zero attached hydrogens (tertiary/aromatic N) is 2. The van der Waals surface area contributed by atoms with Gasteiger partial charge in [-0.1, -0.05) is 72.8 Å². The molecule has 4 aliphatic rings. The lowest BCUT2D eigenvalue weighted by molar-refractivity contribution is 0.0812. The molecule has 0 amide bonds. The Morgan fingerprint density at radius 1 is 0.579 bits per heavy atom. The average Bonchev–Trinajstić information content (AvgIpc) is 3.51. The average molecular weight is 787 g/mol. The van der Waals surface area contributed by atoms with Gasteiger partial charge in [-0.25, -0.2) is 13.1 Å². The molecule has 5 N–H and O–H groups in total. The fraction of sp³-hybridized carbons (Fsp3) is 0.362. The molecule has 0 aromatic heterocycles. The summed E-state index contributed by atoms with van der Waals surface area (Å²) >= 11 is 0. The first-order valence-electron chi connectivity index (χ1n) is 20.4. The van der Waals surface area contributed by atoms with Crippen molar-refractivity contribution in [2.45, 2.75) is 105 Å². The first-order valence-corrected chi connectivity index (χ1v) is 21.9. The monoisotopic (exact) mass is 786 g/mol. The zero-order valence-corrected chi connectivity index (χ0v) is 33.4. The summed E-state index contributed by atoms with van der Waals surface area (Å²) < 4.78 is 34.1. The van der Waals surface area contributed by atoms with Crippen LogP contribution in [0.1, 0.15) is 60.8 Å². The number of anilines is 4. The number of nitrogens with one attached hydrogen (secondary N) is 1. The fourth-order valence-electron chi connectivity index (χ4n) is 9.40. The smallest absolute Gasteiger partial charge is 0.240 e. The van der Waals surface area contributed by atoms with Gasteiger partial charge in [0.25, 0.3) is 0 Å². The van der Waals surface area contributed by atoms with Crippen molar-refractivity contribution in [3.63, 3.8) is 0 Å². The van der Waals surface area contributed by atoms with Gasteiger partial charge in [-0.3, -0.25) is 0 Å². The molecule has 10 heteroatoms. The van der Waals surface area contributed by atoms with Gasteiger partial charge in [0, 0.05) is 28.8 Å². The Morgan fingerprint density at radius 3 is 1.42 bits per heavy atom. The van der Waals surface area contributed by atoms with Crippen LogP contribution >= 0.6 is 0 Å². The van der Waals surface area contributed by atoms with Crippen LogP contribution in [0.15, 0.2) is 126 Å². The van der Waals surface area contributed by atoms with Crippen LogP contribution in [-0.2, 0) is 35.7 Å². The number of para-hydroxylation sites is 4. The molecular formula is C47H54N4O5S. The van der Waals surface area contributed by atoms with Crippen LogP contribution in [0.3, 0.4) is 0 Å². The summed E-state index contributed by atoms with van der Waals surface area (Å²) in [7, 11) is -2.24. The molecule has 5 aromatic rings. The van der Waals surface area contributed by atoms with Crippen molar-refractivity contribution in [3.05, 3.63) is 144 Å². The van der Waals surface area contributed by atoms with E-state index in [4.69, 9.17) is 10.5 Å². The van der Waals surface area contributed by atoms with E-state index >= 15 is 0 Å². The highest BCUT2D eigenvalue weighted by Gasteiger charge is 2.40. The van der Waals surface area contributed by atoms with Crippen molar-refractivity contribution in [1.82, 2.24) is 4.72 Å². The summed E-state index contributed by atoms with van der Waals surface area (Å²) in [5, 5.41) is 22.3. The van der Waals surface area contributed by atoms with E-state index in [1.54, 1.807) is 19.2 Å². The standard InChI is InChI=1S/C27H30N2O4S.C20H24N2O/c1-33-21-15-17-22(18-16-21)34(31,32)28-23-9-6-12-26(27(23)30)29-24-10-4-2-7-19(24)13-14-20-8-3-5-11-25(20)29;21-16-8-5-11-19(20(16)23)22-17-9-3-1-6-14(17)12-13-15-7-2-4-10-18(15)22/h2-5,7-8,10-11,15-18,23,26-28,30H,6,9,12-14H2,1H3;1-4,6-7,9-10,16,19-20,23H,5,8,11-13,21H2/t23-,26+,27+;16-,19+,20+/m00/s1. The highest BCUT2D eigenvalue weighted by Crippen LogP contribution is 2.42. The van der Waals surface area contributed by atoms with Gasteiger partial charge >= 0.3 is 0 Å². The molecule has 298 valence electrons. The van der Waals surface area contributed by atoms with Crippen LogP contribution in [0.2, 0.25) is 0 Å². The third kappa shape index (κ3) is 8.07. The van der Waals surface area contributed by atoms with Crippen LogP contribution in [0.5, 0.6) is 5.75 Å². The quantitative estimate of drug-likeness (QED) is 0.141. The third-order valence-corrected chi connectivity index (χ3v) is 13.9. The first kappa shape index (κ1) is 39.1. The van der Waals surface area contributed by atoms with Gasteiger partial charge in [0.2, 0.25) is 10.0 Å². The first-order chi connectivity index (χ1) is 27.7. The Labute approximate surface area is 337 Å². The van der Waals surface area contributed by atoms with Crippen molar-refractivity contribution >= 4 is 32.8 Å². The van der Waals surface area contributed by atoms with Crippen molar-refractivity contribution in [1.29, 1.82) is 0 Å². The van der Waals surface area contributed by atoms with Gasteiger partial charge in [-0.05, 0) is 135 Å². The second kappa shape index (κ2) is 17.0. The lowest BCUT2D eigenvalue weighted by atomic mass is 9.86. The number of aryl methyl sites for hydroxylation is 4. The number of methoxy groups -OCH3 is 1. The van der Waals surface area contributed by atoms with E-state index < -0.39 is 28.3 Å². The predicted molar refractivity (Wildman–Crippen MR) is 227 cm³/mol. The molecular weight excluding hydrogens is 733 g/mol. The number of sulfonamides is 1. The number of fused-ring (bicyclic) bond motifs is 4. The number of ether oxygens (including phenoxy) is 1. The maximum Gasteiger partial charge on any atom is 0.240 e. The summed E-state index contributed by atoms with van der Waals surface area (Å²) in [5.41, 5.74) is 16.0. The summed E-state index contributed by atoms with van der Waals surface area (Å²) in [6, 6.07) is 39.3. The maximum atomic E-state index is 13.1. The Balaban J connectivity index is 0.000000172. The Kier molecular flexibility index (Phi) is 11.7. The molecule has 2 heterocycles. The molecule has 57 heavy (non-hydrogen) atoms. The molecule has 2 saturated carbocycles. The van der Waals surface area contributed by atoms with Gasteiger partial charge < -0.3 is 30.5 Å². The van der Waals surface area contributed by atoms with Crippen LogP contribution in [0.25, 0.3) is 0 Å². The second-order valence-electron chi connectivity index (χ2n) is 15.8. The molecule has 2 fully saturated rings. The van der Waals surface area contributed by atoms with Crippen molar-refractivity contribution in [2.75, 3.05) is 16.9 Å². The van der Waals surface area contributed by atoms with Gasteiger partial charge in [0.15, 0.2) is 0 Å². The van der Waals surface area contributed by atoms with E-state index in [2.05, 4.69) is 99.5 Å². The van der Waals surface area contributed by atoms with Crippen LogP contribution in [0, 0.1) is 0 Å². The number of aliphatic hydroxyl groups is 2. The highest BCUT2D eigenvalue weighted by molar-refractivity contribution is 7.89. The third-order valence-electron chi connectivity index (χ3n) is 12.4. The number of hydrogen-bond acceptors (Lipinski definition) is 8. The van der Waals surface area contributed by atoms with E-state index in [1.807, 2.05) is 12.1 Å². The largest absolute Gasteiger partial charge is 0.497 e. The van der Waals surface area contributed by atoms with Crippen molar-refractivity contribution in [2.24, 2.45) is 5.73 Å². The summed E-state index contributed by atoms with van der Waals surface area (Å²) in [5.74, 6) is 0.593. The molecule has 5 aromatic carbocycles. The molecule has 0 radical (unpaired) electrons. The zero-order chi connectivity index (χ0) is 39.5. The minimum Gasteiger partial charge on any atom is -0.497 e. The normalized spacial score (nSPS) is 24.3. The number of aliphatic hydroxyl groups excluding tert-OH is 2. The Morgan fingerprint density at radius 2 is 0.982 bits per heavy atom. The number of nitrogens with two attached hydrogens (primary N) is 1. The van der Waals surface area contributed by atoms with E-state index in [0.717, 1.165) is 69.2 Å². The molecule has 0 saturated heterocycles. The van der Waals surface area contributed by atoms with Crippen LogP contribution < -0.4 is 25.0 Å². The second-order valence-corrected chi connectivity index (χ2v) is 17.5. The van der Waals surface area contributed by atoms with E-state index in [9.17, 15) is 18.6 Å². The van der Waals surface area contributed by atoms with E-state index in [0.29, 0.717) is 12.2 Å². The molecule has 9 rings (SSSR count). The zero-order valence-electron chi connectivity index (χ0n) is 32.6. The molecule has 6 atom stereocenters. The maximum absolute atomic E-state index is 13.1. The molecule has 2 aliphatic heterocycles. The molecule has 0 spiro atoms. The van der Waals surface area contributed by atoms with Crippen molar-refractivity contribution < 1.29 is 23.4 Å². The molecule has 9 nitrogen and oxygen atoms in total. The predicted octanol–water partition coefficient (Wildman–Crippen LogP) is 7.36.